The van der Waals surface area contributed by atoms with Crippen molar-refractivity contribution in [3.05, 3.63) is 34.1 Å². The molecule has 2 rings (SSSR count). The van der Waals surface area contributed by atoms with Gasteiger partial charge in [-0.15, -0.1) is 0 Å². The molecule has 0 aromatic carbocycles. The Hall–Kier alpha value is -1.92. The summed E-state index contributed by atoms with van der Waals surface area (Å²) in [5, 5.41) is 0.686. The summed E-state index contributed by atoms with van der Waals surface area (Å²) in [6, 6.07) is 1.51. The van der Waals surface area contributed by atoms with Crippen LogP contribution < -0.4 is 5.73 Å². The first kappa shape index (κ1) is 13.5. The van der Waals surface area contributed by atoms with Crippen molar-refractivity contribution in [2.75, 3.05) is 12.8 Å². The van der Waals surface area contributed by atoms with Crippen LogP contribution in [0, 0.1) is 0 Å². The van der Waals surface area contributed by atoms with Gasteiger partial charge in [-0.05, 0) is 6.07 Å². The van der Waals surface area contributed by atoms with Gasteiger partial charge < -0.3 is 10.5 Å². The highest BCUT2D eigenvalue weighted by Gasteiger charge is 2.15. The molecular weight excluding hydrogens is 291 g/mol. The maximum atomic E-state index is 11.4. The number of aromatic nitrogens is 3. The lowest BCUT2D eigenvalue weighted by Crippen LogP contribution is -2.09. The van der Waals surface area contributed by atoms with Gasteiger partial charge in [-0.2, -0.15) is 0 Å². The second kappa shape index (κ2) is 5.38. The third-order valence-corrected chi connectivity index (χ3v) is 2.74. The summed E-state index contributed by atoms with van der Waals surface area (Å²) in [6.07, 6.45) is 2.67. The summed E-state index contributed by atoms with van der Waals surface area (Å²) in [7, 11) is 1.24. The van der Waals surface area contributed by atoms with Gasteiger partial charge in [-0.1, -0.05) is 23.2 Å². The van der Waals surface area contributed by atoms with E-state index in [0.717, 1.165) is 0 Å². The summed E-state index contributed by atoms with van der Waals surface area (Å²) >= 11 is 11.7. The fourth-order valence-corrected chi connectivity index (χ4v) is 1.82. The topological polar surface area (TPSA) is 91.0 Å². The zero-order chi connectivity index (χ0) is 14.0. The minimum atomic E-state index is -0.612. The Morgan fingerprint density at radius 2 is 2.05 bits per heavy atom. The van der Waals surface area contributed by atoms with Gasteiger partial charge in [-0.25, -0.2) is 19.7 Å². The molecule has 2 N–H and O–H groups in total. The predicted molar refractivity (Wildman–Crippen MR) is 71.0 cm³/mol. The van der Waals surface area contributed by atoms with Crippen molar-refractivity contribution >= 4 is 35.0 Å². The number of carbonyl (C=O) groups is 1. The van der Waals surface area contributed by atoms with Crippen LogP contribution >= 0.6 is 23.2 Å². The van der Waals surface area contributed by atoms with E-state index in [1.54, 1.807) is 0 Å². The molecule has 0 aliphatic heterocycles. The molecule has 19 heavy (non-hydrogen) atoms. The Balaban J connectivity index is 2.47. The fraction of sp³-hybridized carbons (Fsp3) is 0.0909. The van der Waals surface area contributed by atoms with Gasteiger partial charge in [0, 0.05) is 12.4 Å². The van der Waals surface area contributed by atoms with E-state index in [9.17, 15) is 4.79 Å². The lowest BCUT2D eigenvalue weighted by Gasteiger charge is -2.06. The molecule has 0 bridgehead atoms. The van der Waals surface area contributed by atoms with Crippen LogP contribution in [0.15, 0.2) is 18.5 Å². The van der Waals surface area contributed by atoms with Crippen LogP contribution in [0.2, 0.25) is 10.0 Å². The van der Waals surface area contributed by atoms with Crippen LogP contribution in [0.4, 0.5) is 5.82 Å². The molecule has 0 saturated heterocycles. The number of esters is 1. The minimum absolute atomic E-state index is 0.00957. The van der Waals surface area contributed by atoms with Crippen molar-refractivity contribution in [3.8, 4) is 11.5 Å². The molecule has 0 radical (unpaired) electrons. The minimum Gasteiger partial charge on any atom is -0.465 e. The number of nitrogen functional groups attached to an aromatic ring is 1. The SMILES string of the molecule is COC(=O)c1cnc(-c2ncc(Cl)cc2Cl)nc1N. The van der Waals surface area contributed by atoms with E-state index >= 15 is 0 Å². The fourth-order valence-electron chi connectivity index (χ4n) is 1.36. The maximum absolute atomic E-state index is 11.4. The molecule has 0 amide bonds. The molecule has 0 aliphatic carbocycles. The Morgan fingerprint density at radius 3 is 2.63 bits per heavy atom. The van der Waals surface area contributed by atoms with Gasteiger partial charge in [0.05, 0.1) is 17.2 Å². The van der Waals surface area contributed by atoms with Crippen molar-refractivity contribution in [1.82, 2.24) is 15.0 Å². The molecule has 0 atom stereocenters. The van der Waals surface area contributed by atoms with Crippen molar-refractivity contribution in [1.29, 1.82) is 0 Å². The molecule has 0 spiro atoms. The summed E-state index contributed by atoms with van der Waals surface area (Å²) in [6.45, 7) is 0. The smallest absolute Gasteiger partial charge is 0.343 e. The summed E-state index contributed by atoms with van der Waals surface area (Å²) in [4.78, 5) is 23.3. The van der Waals surface area contributed by atoms with E-state index < -0.39 is 5.97 Å². The first-order valence-electron chi connectivity index (χ1n) is 5.05. The number of methoxy groups -OCH3 is 1. The lowest BCUT2D eigenvalue weighted by atomic mass is 10.3. The van der Waals surface area contributed by atoms with E-state index in [1.807, 2.05) is 0 Å². The van der Waals surface area contributed by atoms with Gasteiger partial charge in [0.15, 0.2) is 5.82 Å². The average Bonchev–Trinajstić information content (AvgIpc) is 2.37. The molecule has 0 aliphatic rings. The zero-order valence-corrected chi connectivity index (χ0v) is 11.2. The van der Waals surface area contributed by atoms with Gasteiger partial charge in [0.2, 0.25) is 0 Å². The highest BCUT2D eigenvalue weighted by atomic mass is 35.5. The predicted octanol–water partition coefficient (Wildman–Crippen LogP) is 2.21. The monoisotopic (exact) mass is 298 g/mol. The molecule has 2 aromatic heterocycles. The Kier molecular flexibility index (Phi) is 3.82. The largest absolute Gasteiger partial charge is 0.465 e. The number of nitrogens with zero attached hydrogens (tertiary/aromatic N) is 3. The number of carbonyl (C=O) groups excluding carboxylic acids is 1. The number of rotatable bonds is 2. The van der Waals surface area contributed by atoms with E-state index in [2.05, 4.69) is 19.7 Å². The van der Waals surface area contributed by atoms with E-state index in [-0.39, 0.29) is 22.2 Å². The zero-order valence-electron chi connectivity index (χ0n) is 9.72. The van der Waals surface area contributed by atoms with Gasteiger partial charge >= 0.3 is 5.97 Å². The Bertz CT molecular complexity index is 649. The first-order valence-corrected chi connectivity index (χ1v) is 5.80. The van der Waals surface area contributed by atoms with Crippen LogP contribution in [0.5, 0.6) is 0 Å². The van der Waals surface area contributed by atoms with Gasteiger partial charge in [-0.3, -0.25) is 0 Å². The van der Waals surface area contributed by atoms with E-state index in [4.69, 9.17) is 28.9 Å². The number of anilines is 1. The second-order valence-corrected chi connectivity index (χ2v) is 4.31. The summed E-state index contributed by atoms with van der Waals surface area (Å²) in [5.74, 6) is -0.421. The molecule has 98 valence electrons. The van der Waals surface area contributed by atoms with Crippen molar-refractivity contribution in [3.63, 3.8) is 0 Å². The van der Waals surface area contributed by atoms with Crippen LogP contribution in [0.25, 0.3) is 11.5 Å². The number of hydrogen-bond acceptors (Lipinski definition) is 6. The molecule has 8 heteroatoms. The normalized spacial score (nSPS) is 10.3. The van der Waals surface area contributed by atoms with E-state index in [1.165, 1.54) is 25.6 Å². The number of nitrogens with two attached hydrogens (primary N) is 1. The van der Waals surface area contributed by atoms with Crippen molar-refractivity contribution in [2.45, 2.75) is 0 Å². The number of ether oxygens (including phenoxy) is 1. The van der Waals surface area contributed by atoms with Crippen LogP contribution in [-0.2, 0) is 4.74 Å². The molecular formula is C11H8Cl2N4O2. The highest BCUT2D eigenvalue weighted by Crippen LogP contribution is 2.26. The number of halogens is 2. The lowest BCUT2D eigenvalue weighted by molar-refractivity contribution is 0.0601. The molecule has 6 nitrogen and oxygen atoms in total. The molecule has 2 aromatic rings. The molecule has 2 heterocycles. The molecule has 0 fully saturated rings. The van der Waals surface area contributed by atoms with Crippen molar-refractivity contribution < 1.29 is 9.53 Å². The highest BCUT2D eigenvalue weighted by molar-refractivity contribution is 6.35. The third kappa shape index (κ3) is 2.74. The summed E-state index contributed by atoms with van der Waals surface area (Å²) in [5.41, 5.74) is 6.07. The molecule has 0 saturated carbocycles. The van der Waals surface area contributed by atoms with Crippen LogP contribution in [0.1, 0.15) is 10.4 Å². The first-order chi connectivity index (χ1) is 9.02. The summed E-state index contributed by atoms with van der Waals surface area (Å²) < 4.78 is 4.54. The Morgan fingerprint density at radius 1 is 1.32 bits per heavy atom. The van der Waals surface area contributed by atoms with Gasteiger partial charge in [0.1, 0.15) is 17.1 Å². The molecule has 0 unspecified atom stereocenters. The standard InChI is InChI=1S/C11H8Cl2N4O2/c1-19-11(18)6-4-16-10(17-9(6)14)8-7(13)2-5(12)3-15-8/h2-4H,1H3,(H2,14,16,17). The van der Waals surface area contributed by atoms with E-state index in [0.29, 0.717) is 10.7 Å². The second-order valence-electron chi connectivity index (χ2n) is 3.47. The Labute approximate surface area is 118 Å². The van der Waals surface area contributed by atoms with Crippen LogP contribution in [0.3, 0.4) is 0 Å². The number of hydrogen-bond donors (Lipinski definition) is 1. The average molecular weight is 299 g/mol. The number of pyridine rings is 1. The quantitative estimate of drug-likeness (QED) is 0.855. The maximum Gasteiger partial charge on any atom is 0.343 e. The van der Waals surface area contributed by atoms with Crippen LogP contribution in [-0.4, -0.2) is 28.0 Å². The van der Waals surface area contributed by atoms with Crippen molar-refractivity contribution in [2.24, 2.45) is 0 Å². The van der Waals surface area contributed by atoms with Gasteiger partial charge in [0.25, 0.3) is 0 Å². The third-order valence-electron chi connectivity index (χ3n) is 2.24.